The molecule has 0 unspecified atom stereocenters. The molecule has 1 saturated heterocycles. The monoisotopic (exact) mass is 310 g/mol. The van der Waals surface area contributed by atoms with Gasteiger partial charge in [-0.15, -0.1) is 0 Å². The third kappa shape index (κ3) is 4.85. The van der Waals surface area contributed by atoms with Gasteiger partial charge >= 0.3 is 0 Å². The van der Waals surface area contributed by atoms with Gasteiger partial charge in [-0.3, -0.25) is 9.89 Å². The zero-order chi connectivity index (χ0) is 15.7. The third-order valence-corrected chi connectivity index (χ3v) is 5.09. The van der Waals surface area contributed by atoms with Crippen LogP contribution in [0.2, 0.25) is 0 Å². The quantitative estimate of drug-likeness (QED) is 0.516. The summed E-state index contributed by atoms with van der Waals surface area (Å²) in [5, 5.41) is 15.5. The normalized spacial score (nSPS) is 23.3. The van der Waals surface area contributed by atoms with Gasteiger partial charge in [-0.25, -0.2) is 0 Å². The maximum atomic E-state index is 9.00. The Kier molecular flexibility index (Phi) is 7.46. The number of nitrogens with one attached hydrogen (secondary N) is 2. The Bertz CT molecular complexity index is 334. The van der Waals surface area contributed by atoms with Crippen molar-refractivity contribution in [2.24, 2.45) is 4.99 Å². The zero-order valence-corrected chi connectivity index (χ0v) is 14.2. The van der Waals surface area contributed by atoms with Crippen LogP contribution in [0.3, 0.4) is 0 Å². The fraction of sp³-hybridized carbons (Fsp3) is 0.941. The smallest absolute Gasteiger partial charge is 0.191 e. The second-order valence-corrected chi connectivity index (χ2v) is 6.68. The van der Waals surface area contributed by atoms with Crippen molar-refractivity contribution in [1.82, 2.24) is 15.5 Å². The van der Waals surface area contributed by atoms with Crippen molar-refractivity contribution < 1.29 is 5.11 Å². The highest BCUT2D eigenvalue weighted by Crippen LogP contribution is 2.35. The summed E-state index contributed by atoms with van der Waals surface area (Å²) in [4.78, 5) is 7.59. The maximum absolute atomic E-state index is 9.00. The van der Waals surface area contributed by atoms with E-state index in [2.05, 4.69) is 22.5 Å². The van der Waals surface area contributed by atoms with E-state index in [-0.39, 0.29) is 12.1 Å². The lowest BCUT2D eigenvalue weighted by Gasteiger charge is -2.47. The Morgan fingerprint density at radius 1 is 1.05 bits per heavy atom. The van der Waals surface area contributed by atoms with Gasteiger partial charge in [0, 0.05) is 18.6 Å². The first kappa shape index (κ1) is 17.5. The summed E-state index contributed by atoms with van der Waals surface area (Å²) in [6.07, 6.45) is 10.7. The average molecular weight is 310 g/mol. The van der Waals surface area contributed by atoms with Crippen LogP contribution in [0.1, 0.15) is 58.3 Å². The Hall–Kier alpha value is -0.810. The number of likely N-dealkylation sites (tertiary alicyclic amines) is 1. The third-order valence-electron chi connectivity index (χ3n) is 5.09. The van der Waals surface area contributed by atoms with Crippen LogP contribution in [0, 0.1) is 0 Å². The van der Waals surface area contributed by atoms with Gasteiger partial charge in [-0.05, 0) is 45.7 Å². The molecule has 2 fully saturated rings. The van der Waals surface area contributed by atoms with E-state index in [4.69, 9.17) is 10.1 Å². The number of hydrogen-bond donors (Lipinski definition) is 3. The molecule has 2 rings (SSSR count). The van der Waals surface area contributed by atoms with E-state index < -0.39 is 0 Å². The summed E-state index contributed by atoms with van der Waals surface area (Å²) in [6.45, 7) is 7.01. The number of aliphatic hydroxyl groups is 1. The highest BCUT2D eigenvalue weighted by molar-refractivity contribution is 5.79. The van der Waals surface area contributed by atoms with E-state index in [0.717, 1.165) is 19.0 Å². The van der Waals surface area contributed by atoms with Crippen molar-refractivity contribution in [3.05, 3.63) is 0 Å². The van der Waals surface area contributed by atoms with Crippen molar-refractivity contribution >= 4 is 5.96 Å². The van der Waals surface area contributed by atoms with Gasteiger partial charge in [0.15, 0.2) is 5.96 Å². The first-order valence-electron chi connectivity index (χ1n) is 9.19. The number of aliphatic imine (C=N–C) groups is 1. The molecule has 0 amide bonds. The van der Waals surface area contributed by atoms with Crippen molar-refractivity contribution in [3.8, 4) is 0 Å². The Morgan fingerprint density at radius 3 is 2.36 bits per heavy atom. The number of hydrogen-bond acceptors (Lipinski definition) is 3. The first-order chi connectivity index (χ1) is 10.8. The van der Waals surface area contributed by atoms with Gasteiger partial charge in [-0.1, -0.05) is 25.7 Å². The van der Waals surface area contributed by atoms with Crippen LogP contribution in [0.15, 0.2) is 4.99 Å². The molecule has 0 spiro atoms. The molecule has 3 N–H and O–H groups in total. The lowest BCUT2D eigenvalue weighted by Crippen LogP contribution is -2.54. The number of nitrogens with zero attached hydrogens (tertiary/aromatic N) is 2. The van der Waals surface area contributed by atoms with Crippen LogP contribution >= 0.6 is 0 Å². The molecule has 0 aromatic heterocycles. The Labute approximate surface area is 135 Å². The lowest BCUT2D eigenvalue weighted by molar-refractivity contribution is 0.0407. The van der Waals surface area contributed by atoms with Crippen molar-refractivity contribution in [1.29, 1.82) is 0 Å². The summed E-state index contributed by atoms with van der Waals surface area (Å²) in [5.74, 6) is 0.846. The van der Waals surface area contributed by atoms with Gasteiger partial charge in [-0.2, -0.15) is 0 Å². The zero-order valence-electron chi connectivity index (χ0n) is 14.2. The molecule has 5 heteroatoms. The Balaban J connectivity index is 2.03. The van der Waals surface area contributed by atoms with E-state index in [1.54, 1.807) is 0 Å². The lowest BCUT2D eigenvalue weighted by atomic mass is 9.79. The van der Waals surface area contributed by atoms with E-state index in [1.807, 2.05) is 0 Å². The molecule has 1 aliphatic carbocycles. The van der Waals surface area contributed by atoms with Gasteiger partial charge in [0.05, 0.1) is 13.2 Å². The highest BCUT2D eigenvalue weighted by Gasteiger charge is 2.38. The van der Waals surface area contributed by atoms with Crippen LogP contribution in [0.5, 0.6) is 0 Å². The summed E-state index contributed by atoms with van der Waals surface area (Å²) < 4.78 is 0. The predicted molar refractivity (Wildman–Crippen MR) is 92.3 cm³/mol. The SMILES string of the molecule is CCNC(=NCC1(N2CCCCC2)CCCCC1)NCCO. The largest absolute Gasteiger partial charge is 0.395 e. The molecule has 5 nitrogen and oxygen atoms in total. The summed E-state index contributed by atoms with van der Waals surface area (Å²) in [7, 11) is 0. The first-order valence-corrected chi connectivity index (χ1v) is 9.19. The van der Waals surface area contributed by atoms with Gasteiger partial charge in [0.25, 0.3) is 0 Å². The van der Waals surface area contributed by atoms with E-state index in [1.165, 1.54) is 64.5 Å². The number of rotatable bonds is 6. The highest BCUT2D eigenvalue weighted by atomic mass is 16.3. The molecular formula is C17H34N4O. The summed E-state index contributed by atoms with van der Waals surface area (Å²) >= 11 is 0. The summed E-state index contributed by atoms with van der Waals surface area (Å²) in [5.41, 5.74) is 0.278. The van der Waals surface area contributed by atoms with Gasteiger partial charge < -0.3 is 15.7 Å². The number of piperidine rings is 1. The molecule has 2 aliphatic rings. The fourth-order valence-electron chi connectivity index (χ4n) is 3.89. The average Bonchev–Trinajstić information content (AvgIpc) is 2.59. The minimum atomic E-state index is 0.141. The second kappa shape index (κ2) is 9.36. The molecule has 1 heterocycles. The molecule has 1 saturated carbocycles. The van der Waals surface area contributed by atoms with E-state index in [9.17, 15) is 0 Å². The summed E-state index contributed by atoms with van der Waals surface area (Å²) in [6, 6.07) is 0. The van der Waals surface area contributed by atoms with Crippen molar-refractivity contribution in [2.75, 3.05) is 39.3 Å². The van der Waals surface area contributed by atoms with Crippen LogP contribution in [0.25, 0.3) is 0 Å². The predicted octanol–water partition coefficient (Wildman–Crippen LogP) is 1.72. The molecule has 22 heavy (non-hydrogen) atoms. The molecule has 0 radical (unpaired) electrons. The second-order valence-electron chi connectivity index (χ2n) is 6.68. The molecule has 128 valence electrons. The molecular weight excluding hydrogens is 276 g/mol. The maximum Gasteiger partial charge on any atom is 0.191 e. The van der Waals surface area contributed by atoms with E-state index >= 15 is 0 Å². The Morgan fingerprint density at radius 2 is 1.73 bits per heavy atom. The standard InChI is InChI=1S/C17H34N4O/c1-2-18-16(19-11-14-22)20-15-17(9-5-3-6-10-17)21-12-7-4-8-13-21/h22H,2-15H2,1H3,(H2,18,19,20). The molecule has 0 atom stereocenters. The molecule has 0 bridgehead atoms. The van der Waals surface area contributed by atoms with Crippen LogP contribution in [0.4, 0.5) is 0 Å². The van der Waals surface area contributed by atoms with Crippen LogP contribution < -0.4 is 10.6 Å². The van der Waals surface area contributed by atoms with Gasteiger partial charge in [0.2, 0.25) is 0 Å². The van der Waals surface area contributed by atoms with Crippen LogP contribution in [-0.4, -0.2) is 60.8 Å². The van der Waals surface area contributed by atoms with E-state index in [0.29, 0.717) is 6.54 Å². The minimum Gasteiger partial charge on any atom is -0.395 e. The molecule has 1 aliphatic heterocycles. The number of aliphatic hydroxyl groups excluding tert-OH is 1. The molecule has 0 aromatic carbocycles. The number of guanidine groups is 1. The van der Waals surface area contributed by atoms with Crippen LogP contribution in [-0.2, 0) is 0 Å². The molecule has 0 aromatic rings. The van der Waals surface area contributed by atoms with Crippen molar-refractivity contribution in [2.45, 2.75) is 63.8 Å². The fourth-order valence-corrected chi connectivity index (χ4v) is 3.89. The topological polar surface area (TPSA) is 59.9 Å². The van der Waals surface area contributed by atoms with Crippen molar-refractivity contribution in [3.63, 3.8) is 0 Å². The minimum absolute atomic E-state index is 0.141. The van der Waals surface area contributed by atoms with Gasteiger partial charge in [0.1, 0.15) is 0 Å².